The molecule has 1 saturated carbocycles. The first kappa shape index (κ1) is 11.9. The lowest BCUT2D eigenvalue weighted by Crippen LogP contribution is -2.36. The molecule has 0 aliphatic heterocycles. The second kappa shape index (κ2) is 5.16. The Balaban J connectivity index is 1.90. The van der Waals surface area contributed by atoms with Crippen LogP contribution in [0.4, 0.5) is 5.95 Å². The van der Waals surface area contributed by atoms with Crippen molar-refractivity contribution in [3.05, 3.63) is 6.33 Å². The molecule has 94 valence electrons. The van der Waals surface area contributed by atoms with Crippen molar-refractivity contribution < 1.29 is 4.79 Å². The van der Waals surface area contributed by atoms with Gasteiger partial charge in [0.25, 0.3) is 0 Å². The second-order valence-corrected chi connectivity index (χ2v) is 4.58. The normalized spacial score (nSPS) is 14.9. The number of nitrogens with two attached hydrogens (primary N) is 1. The molecule has 6 nitrogen and oxygen atoms in total. The number of carbonyl (C=O) groups is 1. The van der Waals surface area contributed by atoms with Gasteiger partial charge in [0.2, 0.25) is 11.9 Å². The Bertz CT molecular complexity index is 385. The smallest absolute Gasteiger partial charge is 0.244 e. The Labute approximate surface area is 101 Å². The molecule has 1 amide bonds. The van der Waals surface area contributed by atoms with E-state index in [1.165, 1.54) is 23.9 Å². The SMILES string of the molecule is CCCN(CC1CC1)C(=O)Cn1cnc(N)n1. The molecule has 17 heavy (non-hydrogen) atoms. The minimum absolute atomic E-state index is 0.101. The van der Waals surface area contributed by atoms with Crippen molar-refractivity contribution in [1.82, 2.24) is 19.7 Å². The molecule has 0 bridgehead atoms. The summed E-state index contributed by atoms with van der Waals surface area (Å²) in [6.07, 6.45) is 4.99. The monoisotopic (exact) mass is 237 g/mol. The van der Waals surface area contributed by atoms with Gasteiger partial charge in [0.15, 0.2) is 0 Å². The Morgan fingerprint density at radius 2 is 2.41 bits per heavy atom. The molecule has 1 aromatic rings. The van der Waals surface area contributed by atoms with Gasteiger partial charge in [0.05, 0.1) is 0 Å². The molecular weight excluding hydrogens is 218 g/mol. The summed E-state index contributed by atoms with van der Waals surface area (Å²) in [6, 6.07) is 0. The van der Waals surface area contributed by atoms with Crippen molar-refractivity contribution in [2.24, 2.45) is 5.92 Å². The molecule has 1 heterocycles. The third-order valence-electron chi connectivity index (χ3n) is 2.87. The topological polar surface area (TPSA) is 77.0 Å². The van der Waals surface area contributed by atoms with E-state index >= 15 is 0 Å². The largest absolute Gasteiger partial charge is 0.367 e. The Morgan fingerprint density at radius 1 is 1.65 bits per heavy atom. The molecule has 0 aromatic carbocycles. The molecule has 0 saturated heterocycles. The molecule has 0 atom stereocenters. The van der Waals surface area contributed by atoms with Crippen LogP contribution in [-0.4, -0.2) is 38.7 Å². The van der Waals surface area contributed by atoms with Gasteiger partial charge in [-0.1, -0.05) is 6.92 Å². The van der Waals surface area contributed by atoms with Crippen LogP contribution in [0.2, 0.25) is 0 Å². The first-order valence-electron chi connectivity index (χ1n) is 6.11. The summed E-state index contributed by atoms with van der Waals surface area (Å²) in [5, 5.41) is 3.92. The first-order valence-corrected chi connectivity index (χ1v) is 6.11. The highest BCUT2D eigenvalue weighted by molar-refractivity contribution is 5.75. The zero-order valence-corrected chi connectivity index (χ0v) is 10.2. The molecule has 2 N–H and O–H groups in total. The summed E-state index contributed by atoms with van der Waals surface area (Å²) in [5.41, 5.74) is 5.41. The number of hydrogen-bond acceptors (Lipinski definition) is 4. The van der Waals surface area contributed by atoms with Crippen molar-refractivity contribution in [3.8, 4) is 0 Å². The molecule has 0 radical (unpaired) electrons. The highest BCUT2D eigenvalue weighted by Gasteiger charge is 2.26. The lowest BCUT2D eigenvalue weighted by Gasteiger charge is -2.21. The minimum atomic E-state index is 0.101. The van der Waals surface area contributed by atoms with E-state index in [2.05, 4.69) is 17.0 Å². The molecule has 1 fully saturated rings. The molecule has 0 spiro atoms. The molecule has 0 unspecified atom stereocenters. The number of nitrogen functional groups attached to an aromatic ring is 1. The molecule has 1 aliphatic carbocycles. The maximum Gasteiger partial charge on any atom is 0.244 e. The van der Waals surface area contributed by atoms with E-state index in [1.54, 1.807) is 0 Å². The number of hydrogen-bond donors (Lipinski definition) is 1. The molecule has 1 aliphatic rings. The van der Waals surface area contributed by atoms with Gasteiger partial charge < -0.3 is 10.6 Å². The molecule has 2 rings (SSSR count). The van der Waals surface area contributed by atoms with E-state index in [4.69, 9.17) is 5.73 Å². The lowest BCUT2D eigenvalue weighted by atomic mass is 10.3. The van der Waals surface area contributed by atoms with Crippen LogP contribution in [0.15, 0.2) is 6.33 Å². The molecule has 1 aromatic heterocycles. The van der Waals surface area contributed by atoms with Crippen LogP contribution in [0.3, 0.4) is 0 Å². The van der Waals surface area contributed by atoms with E-state index < -0.39 is 0 Å². The van der Waals surface area contributed by atoms with Gasteiger partial charge in [-0.05, 0) is 25.2 Å². The van der Waals surface area contributed by atoms with Crippen LogP contribution >= 0.6 is 0 Å². The maximum absolute atomic E-state index is 12.1. The Hall–Kier alpha value is -1.59. The maximum atomic E-state index is 12.1. The third-order valence-corrected chi connectivity index (χ3v) is 2.87. The van der Waals surface area contributed by atoms with Gasteiger partial charge in [0.1, 0.15) is 12.9 Å². The number of anilines is 1. The van der Waals surface area contributed by atoms with Crippen molar-refractivity contribution in [3.63, 3.8) is 0 Å². The number of rotatable bonds is 6. The van der Waals surface area contributed by atoms with Crippen LogP contribution < -0.4 is 5.73 Å². The number of carbonyl (C=O) groups excluding carboxylic acids is 1. The fourth-order valence-corrected chi connectivity index (χ4v) is 1.82. The lowest BCUT2D eigenvalue weighted by molar-refractivity contribution is -0.132. The number of amides is 1. The Morgan fingerprint density at radius 3 is 2.94 bits per heavy atom. The fraction of sp³-hybridized carbons (Fsp3) is 0.727. The average Bonchev–Trinajstić information content (AvgIpc) is 3.01. The summed E-state index contributed by atoms with van der Waals surface area (Å²) in [4.78, 5) is 17.8. The van der Waals surface area contributed by atoms with Gasteiger partial charge in [-0.3, -0.25) is 4.79 Å². The number of aromatic nitrogens is 3. The van der Waals surface area contributed by atoms with E-state index in [9.17, 15) is 4.79 Å². The summed E-state index contributed by atoms with van der Waals surface area (Å²) >= 11 is 0. The second-order valence-electron chi connectivity index (χ2n) is 4.58. The van der Waals surface area contributed by atoms with Gasteiger partial charge >= 0.3 is 0 Å². The van der Waals surface area contributed by atoms with E-state index in [1.807, 2.05) is 4.90 Å². The first-order chi connectivity index (χ1) is 8.19. The van der Waals surface area contributed by atoms with Crippen LogP contribution in [-0.2, 0) is 11.3 Å². The highest BCUT2D eigenvalue weighted by atomic mass is 16.2. The van der Waals surface area contributed by atoms with Crippen LogP contribution in [0.1, 0.15) is 26.2 Å². The van der Waals surface area contributed by atoms with Crippen LogP contribution in [0.25, 0.3) is 0 Å². The molecule has 6 heteroatoms. The highest BCUT2D eigenvalue weighted by Crippen LogP contribution is 2.29. The van der Waals surface area contributed by atoms with Gasteiger partial charge in [-0.25, -0.2) is 9.67 Å². The minimum Gasteiger partial charge on any atom is -0.367 e. The predicted molar refractivity (Wildman–Crippen MR) is 64.0 cm³/mol. The predicted octanol–water partition coefficient (Wildman–Crippen LogP) is 0.509. The van der Waals surface area contributed by atoms with Gasteiger partial charge in [-0.2, -0.15) is 0 Å². The van der Waals surface area contributed by atoms with Crippen LogP contribution in [0, 0.1) is 5.92 Å². The van der Waals surface area contributed by atoms with Crippen molar-refractivity contribution in [2.75, 3.05) is 18.8 Å². The van der Waals surface area contributed by atoms with E-state index in [0.29, 0.717) is 5.92 Å². The average molecular weight is 237 g/mol. The molecular formula is C11H19N5O. The van der Waals surface area contributed by atoms with Gasteiger partial charge in [-0.15, -0.1) is 5.10 Å². The fourth-order valence-electron chi connectivity index (χ4n) is 1.82. The quantitative estimate of drug-likeness (QED) is 0.782. The van der Waals surface area contributed by atoms with E-state index in [0.717, 1.165) is 19.5 Å². The summed E-state index contributed by atoms with van der Waals surface area (Å²) in [6.45, 7) is 4.02. The van der Waals surface area contributed by atoms with E-state index in [-0.39, 0.29) is 18.4 Å². The summed E-state index contributed by atoms with van der Waals surface area (Å²) < 4.78 is 1.49. The Kier molecular flexibility index (Phi) is 3.61. The zero-order chi connectivity index (χ0) is 12.3. The zero-order valence-electron chi connectivity index (χ0n) is 10.2. The van der Waals surface area contributed by atoms with Gasteiger partial charge in [0, 0.05) is 13.1 Å². The number of nitrogens with zero attached hydrogens (tertiary/aromatic N) is 4. The van der Waals surface area contributed by atoms with Crippen LogP contribution in [0.5, 0.6) is 0 Å². The van der Waals surface area contributed by atoms with Crippen molar-refractivity contribution in [2.45, 2.75) is 32.7 Å². The third kappa shape index (κ3) is 3.44. The van der Waals surface area contributed by atoms with Crippen molar-refractivity contribution >= 4 is 11.9 Å². The summed E-state index contributed by atoms with van der Waals surface area (Å²) in [7, 11) is 0. The van der Waals surface area contributed by atoms with Crippen molar-refractivity contribution in [1.29, 1.82) is 0 Å². The summed E-state index contributed by atoms with van der Waals surface area (Å²) in [5.74, 6) is 1.03. The standard InChI is InChI=1S/C11H19N5O/c1-2-5-15(6-9-3-4-9)10(17)7-16-8-13-11(12)14-16/h8-9H,2-7H2,1H3,(H2,12,14).